The lowest BCUT2D eigenvalue weighted by molar-refractivity contribution is -0.134. The largest absolute Gasteiger partial charge is 0.349 e. The van der Waals surface area contributed by atoms with E-state index in [1.807, 2.05) is 0 Å². The lowest BCUT2D eigenvalue weighted by atomic mass is 9.97. The summed E-state index contributed by atoms with van der Waals surface area (Å²) in [5.74, 6) is -0.0801. The minimum absolute atomic E-state index is 0.0285. The first-order chi connectivity index (χ1) is 12.7. The Bertz CT molecular complexity index is 843. The molecule has 0 saturated carbocycles. The third kappa shape index (κ3) is 3.87. The molecule has 8 heteroatoms. The molecule has 2 aliphatic heterocycles. The second-order valence-electron chi connectivity index (χ2n) is 7.48. The Morgan fingerprint density at radius 3 is 2.37 bits per heavy atom. The molecule has 1 fully saturated rings. The van der Waals surface area contributed by atoms with Gasteiger partial charge in [-0.25, -0.2) is 8.42 Å². The zero-order valence-corrected chi connectivity index (χ0v) is 17.0. The second-order valence-corrected chi connectivity index (χ2v) is 9.41. The van der Waals surface area contributed by atoms with Crippen molar-refractivity contribution in [2.24, 2.45) is 5.92 Å². The molecule has 1 aromatic rings. The number of amides is 2. The van der Waals surface area contributed by atoms with E-state index in [2.05, 4.69) is 0 Å². The van der Waals surface area contributed by atoms with Crippen LogP contribution in [0.4, 0.5) is 5.69 Å². The van der Waals surface area contributed by atoms with Crippen molar-refractivity contribution in [1.82, 2.24) is 9.21 Å². The van der Waals surface area contributed by atoms with Crippen molar-refractivity contribution < 1.29 is 18.0 Å². The molecule has 0 N–H and O–H groups in total. The molecular formula is C19H27N3O4S. The van der Waals surface area contributed by atoms with Crippen LogP contribution in [-0.4, -0.2) is 63.2 Å². The SMILES string of the molecule is CC(=O)N1CCCc2cc(S(=O)(=O)N3CCC(C(=O)N(C)C)CC3)ccc21. The van der Waals surface area contributed by atoms with E-state index < -0.39 is 10.0 Å². The van der Waals surface area contributed by atoms with Crippen molar-refractivity contribution >= 4 is 27.5 Å². The van der Waals surface area contributed by atoms with E-state index >= 15 is 0 Å². The van der Waals surface area contributed by atoms with Crippen molar-refractivity contribution in [3.63, 3.8) is 0 Å². The van der Waals surface area contributed by atoms with E-state index in [0.29, 0.717) is 32.5 Å². The number of piperidine rings is 1. The maximum absolute atomic E-state index is 13.0. The molecule has 1 aromatic carbocycles. The molecule has 27 heavy (non-hydrogen) atoms. The molecule has 0 aliphatic carbocycles. The first-order valence-corrected chi connectivity index (χ1v) is 10.8. The molecule has 148 valence electrons. The molecule has 2 aliphatic rings. The summed E-state index contributed by atoms with van der Waals surface area (Å²) in [6.45, 7) is 2.90. The van der Waals surface area contributed by atoms with Gasteiger partial charge in [0.15, 0.2) is 0 Å². The molecule has 1 saturated heterocycles. The standard InChI is InChI=1S/C19H27N3O4S/c1-14(23)22-10-4-5-16-13-17(6-7-18(16)22)27(25,26)21-11-8-15(9-12-21)19(24)20(2)3/h6-7,13,15H,4-5,8-12H2,1-3H3. The fourth-order valence-corrected chi connectivity index (χ4v) is 5.44. The monoisotopic (exact) mass is 393 g/mol. The highest BCUT2D eigenvalue weighted by Gasteiger charge is 2.33. The highest BCUT2D eigenvalue weighted by Crippen LogP contribution is 2.31. The van der Waals surface area contributed by atoms with Gasteiger partial charge in [-0.05, 0) is 49.4 Å². The summed E-state index contributed by atoms with van der Waals surface area (Å²) in [6, 6.07) is 5.04. The normalized spacial score (nSPS) is 18.9. The van der Waals surface area contributed by atoms with Crippen LogP contribution in [0, 0.1) is 5.92 Å². The van der Waals surface area contributed by atoms with Crippen molar-refractivity contribution in [2.45, 2.75) is 37.5 Å². The zero-order chi connectivity index (χ0) is 19.8. The maximum atomic E-state index is 13.0. The van der Waals surface area contributed by atoms with Gasteiger partial charge in [-0.15, -0.1) is 0 Å². The predicted molar refractivity (Wildman–Crippen MR) is 103 cm³/mol. The quantitative estimate of drug-likeness (QED) is 0.779. The fraction of sp³-hybridized carbons (Fsp3) is 0.579. The number of carbonyl (C=O) groups is 2. The van der Waals surface area contributed by atoms with Crippen LogP contribution in [0.5, 0.6) is 0 Å². The van der Waals surface area contributed by atoms with Gasteiger partial charge < -0.3 is 9.80 Å². The lowest BCUT2D eigenvalue weighted by Crippen LogP contribution is -2.42. The Morgan fingerprint density at radius 1 is 1.11 bits per heavy atom. The summed E-state index contributed by atoms with van der Waals surface area (Å²) in [4.78, 5) is 27.4. The number of hydrogen-bond donors (Lipinski definition) is 0. The first kappa shape index (κ1) is 19.8. The Labute approximate surface area is 161 Å². The van der Waals surface area contributed by atoms with Crippen LogP contribution in [0.2, 0.25) is 0 Å². The summed E-state index contributed by atoms with van der Waals surface area (Å²) in [6.07, 6.45) is 2.68. The van der Waals surface area contributed by atoms with E-state index in [9.17, 15) is 18.0 Å². The number of carbonyl (C=O) groups excluding carboxylic acids is 2. The topological polar surface area (TPSA) is 78.0 Å². The van der Waals surface area contributed by atoms with E-state index in [1.165, 1.54) is 11.2 Å². The fourth-order valence-electron chi connectivity index (χ4n) is 3.92. The van der Waals surface area contributed by atoms with Crippen molar-refractivity contribution in [3.8, 4) is 0 Å². The van der Waals surface area contributed by atoms with Gasteiger partial charge in [-0.2, -0.15) is 4.31 Å². The Morgan fingerprint density at radius 2 is 1.78 bits per heavy atom. The van der Waals surface area contributed by atoms with E-state index in [0.717, 1.165) is 24.1 Å². The average Bonchev–Trinajstić information content (AvgIpc) is 2.66. The summed E-state index contributed by atoms with van der Waals surface area (Å²) < 4.78 is 27.6. The number of fused-ring (bicyclic) bond motifs is 1. The summed E-state index contributed by atoms with van der Waals surface area (Å²) in [5.41, 5.74) is 1.71. The van der Waals surface area contributed by atoms with Crippen LogP contribution in [0.3, 0.4) is 0 Å². The number of aryl methyl sites for hydroxylation is 1. The van der Waals surface area contributed by atoms with Crippen LogP contribution in [0.25, 0.3) is 0 Å². The molecule has 0 atom stereocenters. The van der Waals surface area contributed by atoms with Gasteiger partial charge in [-0.1, -0.05) is 0 Å². The van der Waals surface area contributed by atoms with Crippen LogP contribution in [0.15, 0.2) is 23.1 Å². The van der Waals surface area contributed by atoms with Gasteiger partial charge in [-0.3, -0.25) is 9.59 Å². The van der Waals surface area contributed by atoms with Crippen molar-refractivity contribution in [2.75, 3.05) is 38.6 Å². The number of anilines is 1. The summed E-state index contributed by atoms with van der Waals surface area (Å²) >= 11 is 0. The minimum Gasteiger partial charge on any atom is -0.349 e. The molecule has 2 heterocycles. The van der Waals surface area contributed by atoms with Gasteiger partial charge in [0.1, 0.15) is 0 Å². The summed E-state index contributed by atoms with van der Waals surface area (Å²) in [7, 11) is -0.147. The van der Waals surface area contributed by atoms with Gasteiger partial charge in [0.2, 0.25) is 21.8 Å². The predicted octanol–water partition coefficient (Wildman–Crippen LogP) is 1.47. The third-order valence-electron chi connectivity index (χ3n) is 5.43. The van der Waals surface area contributed by atoms with E-state index in [4.69, 9.17) is 0 Å². The van der Waals surface area contributed by atoms with Crippen LogP contribution >= 0.6 is 0 Å². The van der Waals surface area contributed by atoms with Gasteiger partial charge in [0.05, 0.1) is 4.90 Å². The molecule has 2 amide bonds. The maximum Gasteiger partial charge on any atom is 0.243 e. The highest BCUT2D eigenvalue weighted by atomic mass is 32.2. The number of benzene rings is 1. The first-order valence-electron chi connectivity index (χ1n) is 9.34. The minimum atomic E-state index is -3.60. The van der Waals surface area contributed by atoms with Crippen molar-refractivity contribution in [1.29, 1.82) is 0 Å². The van der Waals surface area contributed by atoms with Gasteiger partial charge in [0.25, 0.3) is 0 Å². The molecule has 3 rings (SSSR count). The number of nitrogens with zero attached hydrogens (tertiary/aromatic N) is 3. The van der Waals surface area contributed by atoms with Gasteiger partial charge >= 0.3 is 0 Å². The van der Waals surface area contributed by atoms with Gasteiger partial charge in [0, 0.05) is 52.3 Å². The second kappa shape index (κ2) is 7.59. The van der Waals surface area contributed by atoms with Crippen LogP contribution in [-0.2, 0) is 26.0 Å². The molecule has 7 nitrogen and oxygen atoms in total. The number of rotatable bonds is 3. The van der Waals surface area contributed by atoms with Crippen LogP contribution < -0.4 is 4.90 Å². The molecule has 0 unspecified atom stereocenters. The third-order valence-corrected chi connectivity index (χ3v) is 7.33. The highest BCUT2D eigenvalue weighted by molar-refractivity contribution is 7.89. The lowest BCUT2D eigenvalue weighted by Gasteiger charge is -2.32. The van der Waals surface area contributed by atoms with E-state index in [1.54, 1.807) is 42.1 Å². The van der Waals surface area contributed by atoms with Crippen molar-refractivity contribution in [3.05, 3.63) is 23.8 Å². The number of hydrogen-bond acceptors (Lipinski definition) is 4. The Kier molecular flexibility index (Phi) is 5.58. The Hall–Kier alpha value is -1.93. The molecule has 0 spiro atoms. The molecule has 0 aromatic heterocycles. The molecule has 0 radical (unpaired) electrons. The van der Waals surface area contributed by atoms with E-state index in [-0.39, 0.29) is 22.6 Å². The average molecular weight is 394 g/mol. The van der Waals surface area contributed by atoms with Crippen LogP contribution in [0.1, 0.15) is 31.7 Å². The smallest absolute Gasteiger partial charge is 0.243 e. The molecule has 0 bridgehead atoms. The zero-order valence-electron chi connectivity index (χ0n) is 16.1. The summed E-state index contributed by atoms with van der Waals surface area (Å²) in [5, 5.41) is 0. The Balaban J connectivity index is 1.78. The molecular weight excluding hydrogens is 366 g/mol. The number of sulfonamides is 1.